The van der Waals surface area contributed by atoms with Gasteiger partial charge in [0.25, 0.3) is 0 Å². The molecule has 0 saturated carbocycles. The summed E-state index contributed by atoms with van der Waals surface area (Å²) in [6.45, 7) is 7.21. The van der Waals surface area contributed by atoms with Crippen molar-refractivity contribution in [1.82, 2.24) is 25.5 Å². The number of carbonyl (C=O) groups is 1. The van der Waals surface area contributed by atoms with Crippen molar-refractivity contribution in [3.8, 4) is 28.8 Å². The number of nitrogens with zero attached hydrogens (tertiary/aromatic N) is 5. The van der Waals surface area contributed by atoms with Crippen LogP contribution in [-0.2, 0) is 4.74 Å². The van der Waals surface area contributed by atoms with Crippen molar-refractivity contribution in [3.63, 3.8) is 0 Å². The minimum Gasteiger partial charge on any atom is -0.507 e. The largest absolute Gasteiger partial charge is 0.507 e. The maximum atomic E-state index is 11.8. The Hall–Kier alpha value is -4.43. The van der Waals surface area contributed by atoms with Gasteiger partial charge >= 0.3 is 6.09 Å². The molecule has 5 rings (SSSR count). The highest BCUT2D eigenvalue weighted by Gasteiger charge is 2.44. The van der Waals surface area contributed by atoms with Crippen molar-refractivity contribution in [2.45, 2.75) is 57.7 Å². The number of aromatic nitrogens is 4. The van der Waals surface area contributed by atoms with Crippen molar-refractivity contribution in [3.05, 3.63) is 48.4 Å². The molecule has 5 N–H and O–H groups in total. The number of quaternary nitrogens is 1. The molecule has 3 atom stereocenters. The zero-order valence-corrected chi connectivity index (χ0v) is 23.0. The zero-order valence-electron chi connectivity index (χ0n) is 23.0. The van der Waals surface area contributed by atoms with Crippen LogP contribution in [-0.4, -0.2) is 68.7 Å². The number of aromatic hydroxyl groups is 1. The molecule has 0 spiro atoms. The summed E-state index contributed by atoms with van der Waals surface area (Å²) in [5.74, 6) is 7.62. The molecule has 2 aliphatic heterocycles. The number of nitrogen functional groups attached to an aromatic ring is 1. The van der Waals surface area contributed by atoms with Gasteiger partial charge in [-0.25, -0.2) is 14.8 Å². The van der Waals surface area contributed by atoms with E-state index in [1.807, 2.05) is 45.0 Å². The molecule has 1 amide bonds. The van der Waals surface area contributed by atoms with E-state index in [1.54, 1.807) is 18.3 Å². The van der Waals surface area contributed by atoms with Gasteiger partial charge < -0.3 is 25.8 Å². The molecule has 0 aliphatic carbocycles. The predicted octanol–water partition coefficient (Wildman–Crippen LogP) is 2.06. The number of phenolic OH excluding ortho intramolecular Hbond substituents is 1. The molecule has 2 saturated heterocycles. The van der Waals surface area contributed by atoms with Gasteiger partial charge in [0.1, 0.15) is 28.9 Å². The number of para-hydroxylation sites is 1. The summed E-state index contributed by atoms with van der Waals surface area (Å²) in [5, 5.41) is 21.5. The third kappa shape index (κ3) is 6.24. The molecule has 2 aromatic heterocycles. The molecular formula is C29H35N8O3+. The first-order valence-electron chi connectivity index (χ1n) is 13.5. The van der Waals surface area contributed by atoms with Gasteiger partial charge in [0.05, 0.1) is 19.1 Å². The van der Waals surface area contributed by atoms with Crippen LogP contribution < -0.4 is 20.9 Å². The number of anilines is 2. The number of rotatable bonds is 4. The highest BCUT2D eigenvalue weighted by atomic mass is 16.6. The van der Waals surface area contributed by atoms with E-state index in [-0.39, 0.29) is 12.3 Å². The number of fused-ring (bicyclic) bond motifs is 2. The van der Waals surface area contributed by atoms with E-state index in [9.17, 15) is 9.90 Å². The van der Waals surface area contributed by atoms with E-state index >= 15 is 0 Å². The Kier molecular flexibility index (Phi) is 7.71. The van der Waals surface area contributed by atoms with Crippen LogP contribution in [0.1, 0.15) is 45.9 Å². The summed E-state index contributed by atoms with van der Waals surface area (Å²) >= 11 is 0. The summed E-state index contributed by atoms with van der Waals surface area (Å²) in [6, 6.07) is 11.7. The summed E-state index contributed by atoms with van der Waals surface area (Å²) < 4.78 is 5.22. The third-order valence-electron chi connectivity index (χ3n) is 7.13. The number of phenols is 1. The molecule has 40 heavy (non-hydrogen) atoms. The number of carbonyl (C=O) groups excluding carboxylic acids is 1. The van der Waals surface area contributed by atoms with Crippen LogP contribution in [0.4, 0.5) is 22.1 Å². The molecule has 3 unspecified atom stereocenters. The molecule has 2 aliphatic rings. The van der Waals surface area contributed by atoms with E-state index < -0.39 is 11.7 Å². The second-order valence-corrected chi connectivity index (χ2v) is 11.1. The van der Waals surface area contributed by atoms with Crippen molar-refractivity contribution < 1.29 is 19.5 Å². The van der Waals surface area contributed by atoms with Gasteiger partial charge in [-0.1, -0.05) is 18.1 Å². The first-order chi connectivity index (χ1) is 19.2. The highest BCUT2D eigenvalue weighted by Crippen LogP contribution is 2.30. The molecule has 1 aromatic carbocycles. The Labute approximate surface area is 233 Å². The summed E-state index contributed by atoms with van der Waals surface area (Å²) in [7, 11) is 0. The lowest BCUT2D eigenvalue weighted by molar-refractivity contribution is -0.868. The molecule has 4 heterocycles. The lowest BCUT2D eigenvalue weighted by atomic mass is 10.1. The smallest absolute Gasteiger partial charge is 0.408 e. The topological polar surface area (TPSA) is 144 Å². The van der Waals surface area contributed by atoms with E-state index in [0.29, 0.717) is 35.0 Å². The van der Waals surface area contributed by atoms with E-state index in [0.717, 1.165) is 43.9 Å². The number of nitrogens with one attached hydrogen (secondary N) is 2. The maximum Gasteiger partial charge on any atom is 0.408 e. The number of nitrogens with two attached hydrogens (primary N) is 1. The molecule has 11 heteroatoms. The standard InChI is InChI=1S/C29H34N8O3/c1-29(2,3)40-28(39)32-14-6-9-25-31-15-12-26(33-25)36-16-13-19-10-11-20(18-36)37(19)23-17-22(34-35-27(23)30)21-7-4-5-8-24(21)38/h4-5,7-8,12,15,17,19-20,38H,10-11,13-14,16,18H2,1-3H3,(H2,30,35)(H,32,39)/p+1. The first-order valence-corrected chi connectivity index (χ1v) is 13.5. The maximum absolute atomic E-state index is 11.8. The Morgan fingerprint density at radius 3 is 2.80 bits per heavy atom. The SMILES string of the molecule is CC(C)(C)OC(=O)NCC#Cc1nccc(N2CCC3CCC(C2)[NH+]3c2cc(-c3ccccc3O)nnc2N)n1. The van der Waals surface area contributed by atoms with E-state index in [4.69, 9.17) is 10.5 Å². The first kappa shape index (κ1) is 27.1. The van der Waals surface area contributed by atoms with Crippen LogP contribution in [0.3, 0.4) is 0 Å². The average Bonchev–Trinajstić information content (AvgIpc) is 3.20. The van der Waals surface area contributed by atoms with Gasteiger partial charge in [0, 0.05) is 43.6 Å². The number of benzene rings is 1. The predicted molar refractivity (Wildman–Crippen MR) is 151 cm³/mol. The Morgan fingerprint density at radius 2 is 2.00 bits per heavy atom. The van der Waals surface area contributed by atoms with Gasteiger partial charge in [-0.15, -0.1) is 10.2 Å². The second-order valence-electron chi connectivity index (χ2n) is 11.1. The number of hydrogen-bond donors (Lipinski definition) is 4. The fourth-order valence-electron chi connectivity index (χ4n) is 5.45. The second kappa shape index (κ2) is 11.4. The van der Waals surface area contributed by atoms with Crippen LogP contribution in [0.25, 0.3) is 11.3 Å². The van der Waals surface area contributed by atoms with E-state index in [2.05, 4.69) is 42.2 Å². The number of ether oxygens (including phenoxy) is 1. The highest BCUT2D eigenvalue weighted by molar-refractivity contribution is 5.70. The lowest BCUT2D eigenvalue weighted by Gasteiger charge is -2.26. The molecule has 208 valence electrons. The van der Waals surface area contributed by atoms with E-state index in [1.165, 1.54) is 4.90 Å². The summed E-state index contributed by atoms with van der Waals surface area (Å²) in [4.78, 5) is 24.4. The van der Waals surface area contributed by atoms with Crippen molar-refractivity contribution in [2.24, 2.45) is 0 Å². The number of alkyl carbamates (subject to hydrolysis) is 1. The molecule has 11 nitrogen and oxygen atoms in total. The van der Waals surface area contributed by atoms with Gasteiger partial charge in [-0.05, 0) is 44.9 Å². The Bertz CT molecular complexity index is 1440. The van der Waals surface area contributed by atoms with Crippen LogP contribution >= 0.6 is 0 Å². The van der Waals surface area contributed by atoms with Gasteiger partial charge in [0.15, 0.2) is 5.69 Å². The van der Waals surface area contributed by atoms with Crippen molar-refractivity contribution >= 4 is 23.4 Å². The lowest BCUT2D eigenvalue weighted by Crippen LogP contribution is -3.13. The molecule has 2 bridgehead atoms. The fourth-order valence-corrected chi connectivity index (χ4v) is 5.45. The fraction of sp³-hybridized carbons (Fsp3) is 0.414. The minimum absolute atomic E-state index is 0.137. The Morgan fingerprint density at radius 1 is 1.20 bits per heavy atom. The molecule has 2 fully saturated rings. The summed E-state index contributed by atoms with van der Waals surface area (Å²) in [6.07, 6.45) is 4.32. The van der Waals surface area contributed by atoms with Gasteiger partial charge in [0.2, 0.25) is 11.6 Å². The van der Waals surface area contributed by atoms with Crippen LogP contribution in [0, 0.1) is 11.8 Å². The van der Waals surface area contributed by atoms with Crippen molar-refractivity contribution in [1.29, 1.82) is 0 Å². The number of amides is 1. The zero-order chi connectivity index (χ0) is 28.3. The normalized spacial score (nSPS) is 20.3. The molecule has 3 aromatic rings. The van der Waals surface area contributed by atoms with Crippen molar-refractivity contribution in [2.75, 3.05) is 30.3 Å². The summed E-state index contributed by atoms with van der Waals surface area (Å²) in [5.41, 5.74) is 7.97. The molecule has 0 radical (unpaired) electrons. The minimum atomic E-state index is -0.564. The van der Waals surface area contributed by atoms with Crippen LogP contribution in [0.5, 0.6) is 5.75 Å². The van der Waals surface area contributed by atoms with Crippen LogP contribution in [0.15, 0.2) is 42.6 Å². The monoisotopic (exact) mass is 543 g/mol. The quantitative estimate of drug-likeness (QED) is 0.364. The van der Waals surface area contributed by atoms with Crippen LogP contribution in [0.2, 0.25) is 0 Å². The Balaban J connectivity index is 1.30. The molecular weight excluding hydrogens is 508 g/mol. The van der Waals surface area contributed by atoms with Gasteiger partial charge in [-0.3, -0.25) is 4.90 Å². The van der Waals surface area contributed by atoms with Gasteiger partial charge in [-0.2, -0.15) is 0 Å². The number of hydrogen-bond acceptors (Lipinski definition) is 9. The average molecular weight is 544 g/mol. The third-order valence-corrected chi connectivity index (χ3v) is 7.13.